The minimum absolute atomic E-state index is 0.00678. The van der Waals surface area contributed by atoms with E-state index in [0.29, 0.717) is 11.7 Å². The molecule has 0 bridgehead atoms. The van der Waals surface area contributed by atoms with E-state index in [1.54, 1.807) is 36.5 Å². The lowest BCUT2D eigenvalue weighted by molar-refractivity contribution is -0.128. The number of ether oxygens (including phenoxy) is 1. The van der Waals surface area contributed by atoms with E-state index in [4.69, 9.17) is 4.74 Å². The third-order valence-electron chi connectivity index (χ3n) is 3.67. The van der Waals surface area contributed by atoms with Crippen LogP contribution in [0.3, 0.4) is 0 Å². The van der Waals surface area contributed by atoms with Gasteiger partial charge in [0.2, 0.25) is 0 Å². The van der Waals surface area contributed by atoms with Crippen LogP contribution in [0.1, 0.15) is 43.7 Å². The summed E-state index contributed by atoms with van der Waals surface area (Å²) in [5.74, 6) is 0.930. The highest BCUT2D eigenvalue weighted by atomic mass is 32.1. The van der Waals surface area contributed by atoms with Crippen molar-refractivity contribution in [3.05, 3.63) is 52.2 Å². The van der Waals surface area contributed by atoms with Gasteiger partial charge in [-0.1, -0.05) is 32.0 Å². The molecule has 2 rings (SSSR count). The first kappa shape index (κ1) is 18.5. The molecule has 130 valence electrons. The molecule has 1 heterocycles. The van der Waals surface area contributed by atoms with Gasteiger partial charge in [-0.15, -0.1) is 11.3 Å². The summed E-state index contributed by atoms with van der Waals surface area (Å²) in [6, 6.07) is 11.2. The van der Waals surface area contributed by atoms with Crippen LogP contribution >= 0.6 is 11.3 Å². The van der Waals surface area contributed by atoms with Gasteiger partial charge in [0, 0.05) is 4.88 Å². The number of rotatable bonds is 8. The smallest absolute Gasteiger partial charge is 0.261 e. The number of carbonyl (C=O) groups is 1. The highest BCUT2D eigenvalue weighted by Crippen LogP contribution is 2.25. The monoisotopic (exact) mass is 347 g/mol. The molecule has 0 spiro atoms. The molecule has 1 aromatic carbocycles. The SMILES string of the molecule is CC(C)CC(NC(=O)C(C)Oc1cccc(CO)c1)c1cccs1. The van der Waals surface area contributed by atoms with Crippen LogP contribution in [0.15, 0.2) is 41.8 Å². The number of amides is 1. The molecule has 2 unspecified atom stereocenters. The Morgan fingerprint density at radius 2 is 2.04 bits per heavy atom. The Bertz CT molecular complexity index is 640. The van der Waals surface area contributed by atoms with E-state index in [2.05, 4.69) is 19.2 Å². The van der Waals surface area contributed by atoms with Crippen LogP contribution in [-0.2, 0) is 11.4 Å². The summed E-state index contributed by atoms with van der Waals surface area (Å²) in [5, 5.41) is 14.3. The van der Waals surface area contributed by atoms with Crippen LogP contribution in [0.2, 0.25) is 0 Å². The van der Waals surface area contributed by atoms with Crippen LogP contribution in [0.5, 0.6) is 5.75 Å². The number of benzene rings is 1. The molecule has 2 atom stereocenters. The number of nitrogens with one attached hydrogen (secondary N) is 1. The zero-order chi connectivity index (χ0) is 17.5. The lowest BCUT2D eigenvalue weighted by atomic mass is 10.0. The zero-order valence-electron chi connectivity index (χ0n) is 14.4. The van der Waals surface area contributed by atoms with Gasteiger partial charge in [-0.05, 0) is 48.4 Å². The molecule has 0 aliphatic heterocycles. The topological polar surface area (TPSA) is 58.6 Å². The van der Waals surface area contributed by atoms with Gasteiger partial charge in [0.25, 0.3) is 5.91 Å². The third-order valence-corrected chi connectivity index (χ3v) is 4.66. The Kier molecular flexibility index (Phi) is 6.82. The average molecular weight is 347 g/mol. The Morgan fingerprint density at radius 1 is 1.25 bits per heavy atom. The first-order chi connectivity index (χ1) is 11.5. The summed E-state index contributed by atoms with van der Waals surface area (Å²) in [7, 11) is 0. The molecule has 4 nitrogen and oxygen atoms in total. The Morgan fingerprint density at radius 3 is 2.67 bits per heavy atom. The van der Waals surface area contributed by atoms with Gasteiger partial charge in [-0.2, -0.15) is 0 Å². The largest absolute Gasteiger partial charge is 0.481 e. The van der Waals surface area contributed by atoms with E-state index < -0.39 is 6.10 Å². The standard InChI is InChI=1S/C19H25NO3S/c1-13(2)10-17(18-8-5-9-24-18)20-19(22)14(3)23-16-7-4-6-15(11-16)12-21/h4-9,11,13-14,17,21H,10,12H2,1-3H3,(H,20,22). The maximum Gasteiger partial charge on any atom is 0.261 e. The van der Waals surface area contributed by atoms with Gasteiger partial charge in [-0.25, -0.2) is 0 Å². The van der Waals surface area contributed by atoms with Crippen LogP contribution in [0.25, 0.3) is 0 Å². The summed E-state index contributed by atoms with van der Waals surface area (Å²) in [4.78, 5) is 13.7. The number of hydrogen-bond acceptors (Lipinski definition) is 4. The highest BCUT2D eigenvalue weighted by molar-refractivity contribution is 7.10. The van der Waals surface area contributed by atoms with Crippen molar-refractivity contribution in [3.63, 3.8) is 0 Å². The minimum atomic E-state index is -0.603. The van der Waals surface area contributed by atoms with Crippen molar-refractivity contribution >= 4 is 17.2 Å². The molecule has 2 aromatic rings. The van der Waals surface area contributed by atoms with E-state index in [1.165, 1.54) is 0 Å². The van der Waals surface area contributed by atoms with Crippen molar-refractivity contribution in [1.82, 2.24) is 5.32 Å². The molecule has 0 radical (unpaired) electrons. The quantitative estimate of drug-likeness (QED) is 0.761. The lowest BCUT2D eigenvalue weighted by Crippen LogP contribution is -2.38. The summed E-state index contributed by atoms with van der Waals surface area (Å²) in [5.41, 5.74) is 0.761. The van der Waals surface area contributed by atoms with Gasteiger partial charge >= 0.3 is 0 Å². The fraction of sp³-hybridized carbons (Fsp3) is 0.421. The molecule has 0 saturated heterocycles. The number of hydrogen-bond donors (Lipinski definition) is 2. The molecule has 24 heavy (non-hydrogen) atoms. The van der Waals surface area contributed by atoms with Gasteiger partial charge < -0.3 is 15.2 Å². The Hall–Kier alpha value is -1.85. The van der Waals surface area contributed by atoms with Crippen LogP contribution in [0, 0.1) is 5.92 Å². The van der Waals surface area contributed by atoms with Crippen LogP contribution in [-0.4, -0.2) is 17.1 Å². The van der Waals surface area contributed by atoms with Crippen LogP contribution in [0.4, 0.5) is 0 Å². The van der Waals surface area contributed by atoms with Gasteiger partial charge in [0.1, 0.15) is 5.75 Å². The first-order valence-corrected chi connectivity index (χ1v) is 9.07. The zero-order valence-corrected chi connectivity index (χ0v) is 15.2. The normalized spacial score (nSPS) is 13.5. The predicted octanol–water partition coefficient (Wildman–Crippen LogP) is 3.91. The highest BCUT2D eigenvalue weighted by Gasteiger charge is 2.21. The van der Waals surface area contributed by atoms with Gasteiger partial charge in [-0.3, -0.25) is 4.79 Å². The van der Waals surface area contributed by atoms with E-state index in [9.17, 15) is 9.90 Å². The van der Waals surface area contributed by atoms with E-state index in [1.807, 2.05) is 23.6 Å². The van der Waals surface area contributed by atoms with Crippen molar-refractivity contribution in [2.24, 2.45) is 5.92 Å². The first-order valence-electron chi connectivity index (χ1n) is 8.19. The fourth-order valence-corrected chi connectivity index (χ4v) is 3.26. The van der Waals surface area contributed by atoms with Crippen molar-refractivity contribution < 1.29 is 14.6 Å². The van der Waals surface area contributed by atoms with Crippen molar-refractivity contribution in [2.45, 2.75) is 45.9 Å². The molecule has 1 amide bonds. The molecular weight excluding hydrogens is 322 g/mol. The van der Waals surface area contributed by atoms with Gasteiger partial charge in [0.15, 0.2) is 6.10 Å². The maximum atomic E-state index is 12.5. The van der Waals surface area contributed by atoms with Gasteiger partial charge in [0.05, 0.1) is 12.6 Å². The lowest BCUT2D eigenvalue weighted by Gasteiger charge is -2.22. The Labute approximate surface area is 147 Å². The number of aliphatic hydroxyl groups excluding tert-OH is 1. The summed E-state index contributed by atoms with van der Waals surface area (Å²) in [6.07, 6.45) is 0.285. The number of carbonyl (C=O) groups excluding carboxylic acids is 1. The van der Waals surface area contributed by atoms with Crippen molar-refractivity contribution in [3.8, 4) is 5.75 Å². The molecule has 0 aliphatic carbocycles. The average Bonchev–Trinajstić information content (AvgIpc) is 3.08. The molecule has 5 heteroatoms. The summed E-state index contributed by atoms with van der Waals surface area (Å²) in [6.45, 7) is 5.98. The maximum absolute atomic E-state index is 12.5. The fourth-order valence-electron chi connectivity index (χ4n) is 2.47. The minimum Gasteiger partial charge on any atom is -0.481 e. The molecule has 1 aromatic heterocycles. The second-order valence-electron chi connectivity index (χ2n) is 6.27. The molecule has 0 fully saturated rings. The number of aliphatic hydroxyl groups is 1. The Balaban J connectivity index is 2.00. The molecule has 0 aliphatic rings. The predicted molar refractivity (Wildman–Crippen MR) is 97.1 cm³/mol. The number of thiophene rings is 1. The molecule has 2 N–H and O–H groups in total. The molecule has 0 saturated carbocycles. The van der Waals surface area contributed by atoms with Crippen molar-refractivity contribution in [2.75, 3.05) is 0 Å². The second kappa shape index (κ2) is 8.85. The molecular formula is C19H25NO3S. The van der Waals surface area contributed by atoms with E-state index in [0.717, 1.165) is 16.9 Å². The summed E-state index contributed by atoms with van der Waals surface area (Å²) < 4.78 is 5.72. The van der Waals surface area contributed by atoms with Crippen molar-refractivity contribution in [1.29, 1.82) is 0 Å². The third kappa shape index (κ3) is 5.35. The van der Waals surface area contributed by atoms with Crippen LogP contribution < -0.4 is 10.1 Å². The van der Waals surface area contributed by atoms with E-state index >= 15 is 0 Å². The van der Waals surface area contributed by atoms with E-state index in [-0.39, 0.29) is 18.6 Å². The summed E-state index contributed by atoms with van der Waals surface area (Å²) >= 11 is 1.65. The second-order valence-corrected chi connectivity index (χ2v) is 7.25.